The molecular weight excluding hydrogens is 222 g/mol. The molecule has 3 rings (SSSR count). The van der Waals surface area contributed by atoms with Crippen molar-refractivity contribution in [3.8, 4) is 6.07 Å². The van der Waals surface area contributed by atoms with E-state index in [0.29, 0.717) is 11.6 Å². The molecule has 3 heteroatoms. The Bertz CT molecular complexity index is 489. The van der Waals surface area contributed by atoms with Crippen molar-refractivity contribution >= 4 is 11.4 Å². The molecule has 0 aromatic heterocycles. The van der Waals surface area contributed by atoms with E-state index in [0.717, 1.165) is 23.8 Å². The zero-order valence-corrected chi connectivity index (χ0v) is 10.6. The molecular formula is C15H19N3. The van der Waals surface area contributed by atoms with Crippen LogP contribution in [0.2, 0.25) is 0 Å². The van der Waals surface area contributed by atoms with E-state index in [1.54, 1.807) is 6.07 Å². The average molecular weight is 241 g/mol. The molecule has 1 aliphatic carbocycles. The van der Waals surface area contributed by atoms with Crippen LogP contribution in [0.5, 0.6) is 0 Å². The first-order valence-electron chi connectivity index (χ1n) is 6.86. The SMILES string of the molecule is N#Cc1ccc(N)c(N2CCCC3CCCC32)c1. The number of nitrogen functional groups attached to an aromatic ring is 1. The number of anilines is 2. The van der Waals surface area contributed by atoms with Gasteiger partial charge < -0.3 is 10.6 Å². The second-order valence-corrected chi connectivity index (χ2v) is 5.48. The van der Waals surface area contributed by atoms with Crippen LogP contribution in [0.1, 0.15) is 37.7 Å². The van der Waals surface area contributed by atoms with E-state index < -0.39 is 0 Å². The Kier molecular flexibility index (Phi) is 2.87. The Hall–Kier alpha value is -1.69. The number of nitriles is 1. The zero-order chi connectivity index (χ0) is 12.5. The highest BCUT2D eigenvalue weighted by atomic mass is 15.2. The van der Waals surface area contributed by atoms with Gasteiger partial charge in [0.2, 0.25) is 0 Å². The molecule has 2 N–H and O–H groups in total. The highest BCUT2D eigenvalue weighted by Crippen LogP contribution is 2.40. The number of hydrogen-bond acceptors (Lipinski definition) is 3. The Labute approximate surface area is 108 Å². The van der Waals surface area contributed by atoms with E-state index >= 15 is 0 Å². The fourth-order valence-electron chi connectivity index (χ4n) is 3.62. The van der Waals surface area contributed by atoms with Gasteiger partial charge in [0.15, 0.2) is 0 Å². The van der Waals surface area contributed by atoms with Crippen LogP contribution in [0, 0.1) is 17.2 Å². The predicted octanol–water partition coefficient (Wildman–Crippen LogP) is 2.91. The van der Waals surface area contributed by atoms with Crippen LogP contribution in [0.3, 0.4) is 0 Å². The molecule has 1 aliphatic heterocycles. The van der Waals surface area contributed by atoms with Gasteiger partial charge in [-0.1, -0.05) is 6.42 Å². The lowest BCUT2D eigenvalue weighted by molar-refractivity contribution is 0.363. The van der Waals surface area contributed by atoms with E-state index in [9.17, 15) is 0 Å². The van der Waals surface area contributed by atoms with Crippen molar-refractivity contribution in [2.45, 2.75) is 38.1 Å². The van der Waals surface area contributed by atoms with Crippen molar-refractivity contribution in [3.63, 3.8) is 0 Å². The van der Waals surface area contributed by atoms with Crippen LogP contribution in [-0.2, 0) is 0 Å². The summed E-state index contributed by atoms with van der Waals surface area (Å²) < 4.78 is 0. The summed E-state index contributed by atoms with van der Waals surface area (Å²) >= 11 is 0. The van der Waals surface area contributed by atoms with Gasteiger partial charge in [0.25, 0.3) is 0 Å². The highest BCUT2D eigenvalue weighted by Gasteiger charge is 2.35. The van der Waals surface area contributed by atoms with Crippen LogP contribution < -0.4 is 10.6 Å². The number of fused-ring (bicyclic) bond motifs is 1. The molecule has 2 unspecified atom stereocenters. The molecule has 1 saturated heterocycles. The van der Waals surface area contributed by atoms with E-state index in [2.05, 4.69) is 11.0 Å². The Morgan fingerprint density at radius 3 is 2.89 bits per heavy atom. The van der Waals surface area contributed by atoms with Crippen LogP contribution in [0.4, 0.5) is 11.4 Å². The summed E-state index contributed by atoms with van der Waals surface area (Å²) in [5, 5.41) is 9.03. The minimum absolute atomic E-state index is 0.648. The lowest BCUT2D eigenvalue weighted by atomic mass is 9.91. The molecule has 0 bridgehead atoms. The molecule has 94 valence electrons. The van der Waals surface area contributed by atoms with Crippen LogP contribution in [-0.4, -0.2) is 12.6 Å². The normalized spacial score (nSPS) is 26.7. The van der Waals surface area contributed by atoms with Gasteiger partial charge in [-0.05, 0) is 49.8 Å². The molecule has 1 aromatic rings. The molecule has 0 radical (unpaired) electrons. The number of nitrogens with two attached hydrogens (primary N) is 1. The Morgan fingerprint density at radius 2 is 2.06 bits per heavy atom. The van der Waals surface area contributed by atoms with Gasteiger partial charge in [0, 0.05) is 12.6 Å². The van der Waals surface area contributed by atoms with Gasteiger partial charge in [-0.2, -0.15) is 5.26 Å². The third-order valence-electron chi connectivity index (χ3n) is 4.46. The molecule has 1 saturated carbocycles. The lowest BCUT2D eigenvalue weighted by Gasteiger charge is -2.40. The van der Waals surface area contributed by atoms with E-state index in [1.165, 1.54) is 32.1 Å². The van der Waals surface area contributed by atoms with Gasteiger partial charge in [0.05, 0.1) is 23.0 Å². The highest BCUT2D eigenvalue weighted by molar-refractivity contribution is 5.70. The first-order chi connectivity index (χ1) is 8.79. The fourth-order valence-corrected chi connectivity index (χ4v) is 3.62. The second-order valence-electron chi connectivity index (χ2n) is 5.48. The molecule has 18 heavy (non-hydrogen) atoms. The molecule has 3 nitrogen and oxygen atoms in total. The fraction of sp³-hybridized carbons (Fsp3) is 0.533. The Morgan fingerprint density at radius 1 is 1.22 bits per heavy atom. The summed E-state index contributed by atoms with van der Waals surface area (Å²) in [5.41, 5.74) is 8.70. The van der Waals surface area contributed by atoms with Crippen molar-refractivity contribution < 1.29 is 0 Å². The largest absolute Gasteiger partial charge is 0.397 e. The summed E-state index contributed by atoms with van der Waals surface area (Å²) in [5.74, 6) is 0.837. The van der Waals surface area contributed by atoms with E-state index in [-0.39, 0.29) is 0 Å². The maximum absolute atomic E-state index is 9.03. The summed E-state index contributed by atoms with van der Waals surface area (Å²) in [4.78, 5) is 2.46. The van der Waals surface area contributed by atoms with Crippen molar-refractivity contribution in [2.75, 3.05) is 17.2 Å². The maximum Gasteiger partial charge on any atom is 0.0992 e. The van der Waals surface area contributed by atoms with Crippen molar-refractivity contribution in [3.05, 3.63) is 23.8 Å². The van der Waals surface area contributed by atoms with Crippen LogP contribution in [0.25, 0.3) is 0 Å². The zero-order valence-electron chi connectivity index (χ0n) is 10.6. The van der Waals surface area contributed by atoms with Gasteiger partial charge in [-0.25, -0.2) is 0 Å². The molecule has 2 atom stereocenters. The van der Waals surface area contributed by atoms with Gasteiger partial charge >= 0.3 is 0 Å². The standard InChI is InChI=1S/C15H19N3/c16-10-11-6-7-13(17)15(9-11)18-8-2-4-12-3-1-5-14(12)18/h6-7,9,12,14H,1-5,8,17H2. The number of nitrogens with zero attached hydrogens (tertiary/aromatic N) is 2. The molecule has 0 amide bonds. The van der Waals surface area contributed by atoms with E-state index in [1.807, 2.05) is 12.1 Å². The molecule has 2 aliphatic rings. The third-order valence-corrected chi connectivity index (χ3v) is 4.46. The quantitative estimate of drug-likeness (QED) is 0.769. The summed E-state index contributed by atoms with van der Waals surface area (Å²) in [7, 11) is 0. The van der Waals surface area contributed by atoms with Crippen LogP contribution in [0.15, 0.2) is 18.2 Å². The molecule has 2 fully saturated rings. The second kappa shape index (κ2) is 4.53. The first-order valence-corrected chi connectivity index (χ1v) is 6.86. The average Bonchev–Trinajstić information content (AvgIpc) is 2.87. The van der Waals surface area contributed by atoms with Gasteiger partial charge in [-0.15, -0.1) is 0 Å². The number of piperidine rings is 1. The number of benzene rings is 1. The molecule has 1 heterocycles. The van der Waals surface area contributed by atoms with E-state index in [4.69, 9.17) is 11.0 Å². The molecule has 1 aromatic carbocycles. The van der Waals surface area contributed by atoms with Gasteiger partial charge in [-0.3, -0.25) is 0 Å². The third kappa shape index (κ3) is 1.82. The minimum atomic E-state index is 0.648. The van der Waals surface area contributed by atoms with Crippen molar-refractivity contribution in [2.24, 2.45) is 5.92 Å². The van der Waals surface area contributed by atoms with Crippen molar-refractivity contribution in [1.82, 2.24) is 0 Å². The number of hydrogen-bond donors (Lipinski definition) is 1. The van der Waals surface area contributed by atoms with Crippen molar-refractivity contribution in [1.29, 1.82) is 5.26 Å². The van der Waals surface area contributed by atoms with Gasteiger partial charge in [0.1, 0.15) is 0 Å². The summed E-state index contributed by atoms with van der Waals surface area (Å²) in [6.07, 6.45) is 6.58. The van der Waals surface area contributed by atoms with Crippen LogP contribution >= 0.6 is 0 Å². The first kappa shape index (κ1) is 11.4. The topological polar surface area (TPSA) is 53.1 Å². The minimum Gasteiger partial charge on any atom is -0.397 e. The number of rotatable bonds is 1. The monoisotopic (exact) mass is 241 g/mol. The smallest absolute Gasteiger partial charge is 0.0992 e. The maximum atomic E-state index is 9.03. The summed E-state index contributed by atoms with van der Waals surface area (Å²) in [6.45, 7) is 1.08. The Balaban J connectivity index is 1.96. The lowest BCUT2D eigenvalue weighted by Crippen LogP contribution is -2.43. The predicted molar refractivity (Wildman–Crippen MR) is 73.3 cm³/mol. The molecule has 0 spiro atoms. The summed E-state index contributed by atoms with van der Waals surface area (Å²) in [6, 6.07) is 8.48.